The standard InChI is InChI=1S/C22H24N4O3/c1-13-8-9-18-16(10-13)21(15-6-4-5-7-17(15)23-18)22(28)26(3)12-20(27)24-19-11-14(2)29-25-19/h8-11H,4-7,12H2,1-3H3,(H,24,25,27). The predicted octanol–water partition coefficient (Wildman–Crippen LogP) is 3.43. The lowest BCUT2D eigenvalue weighted by Gasteiger charge is -2.24. The molecule has 0 saturated carbocycles. The van der Waals surface area contributed by atoms with Crippen molar-refractivity contribution in [1.82, 2.24) is 15.0 Å². The summed E-state index contributed by atoms with van der Waals surface area (Å²) in [4.78, 5) is 32.1. The first-order chi connectivity index (χ1) is 13.9. The average molecular weight is 392 g/mol. The third-order valence-corrected chi connectivity index (χ3v) is 5.25. The van der Waals surface area contributed by atoms with Gasteiger partial charge in [0.25, 0.3) is 5.91 Å². The Bertz CT molecular complexity index is 1100. The van der Waals surface area contributed by atoms with Gasteiger partial charge in [-0.25, -0.2) is 0 Å². The van der Waals surface area contributed by atoms with E-state index in [1.54, 1.807) is 20.0 Å². The molecule has 1 N–H and O–H groups in total. The molecule has 29 heavy (non-hydrogen) atoms. The van der Waals surface area contributed by atoms with Crippen molar-refractivity contribution >= 4 is 28.5 Å². The van der Waals surface area contributed by atoms with Gasteiger partial charge in [0.15, 0.2) is 5.82 Å². The smallest absolute Gasteiger partial charge is 0.255 e. The number of amides is 2. The highest BCUT2D eigenvalue weighted by molar-refractivity contribution is 6.09. The number of hydrogen-bond donors (Lipinski definition) is 1. The van der Waals surface area contributed by atoms with Crippen LogP contribution in [0.3, 0.4) is 0 Å². The second kappa shape index (κ2) is 7.66. The molecular formula is C22H24N4O3. The van der Waals surface area contributed by atoms with Crippen LogP contribution in [0.5, 0.6) is 0 Å². The molecular weight excluding hydrogens is 368 g/mol. The molecule has 1 aliphatic rings. The van der Waals surface area contributed by atoms with Crippen molar-refractivity contribution < 1.29 is 14.1 Å². The van der Waals surface area contributed by atoms with Gasteiger partial charge >= 0.3 is 0 Å². The zero-order chi connectivity index (χ0) is 20.5. The number of hydrogen-bond acceptors (Lipinski definition) is 5. The summed E-state index contributed by atoms with van der Waals surface area (Å²) in [6, 6.07) is 7.62. The number of carbonyl (C=O) groups excluding carboxylic acids is 2. The fraction of sp³-hybridized carbons (Fsp3) is 0.364. The topological polar surface area (TPSA) is 88.3 Å². The van der Waals surface area contributed by atoms with Crippen molar-refractivity contribution in [3.8, 4) is 0 Å². The first kappa shape index (κ1) is 19.1. The Morgan fingerprint density at radius 1 is 1.17 bits per heavy atom. The number of aromatic nitrogens is 2. The summed E-state index contributed by atoms with van der Waals surface area (Å²) in [5.41, 5.74) is 4.62. The highest BCUT2D eigenvalue weighted by Gasteiger charge is 2.25. The molecule has 4 rings (SSSR count). The van der Waals surface area contributed by atoms with Crippen molar-refractivity contribution in [2.75, 3.05) is 18.9 Å². The van der Waals surface area contributed by atoms with Gasteiger partial charge in [-0.1, -0.05) is 16.8 Å². The predicted molar refractivity (Wildman–Crippen MR) is 110 cm³/mol. The summed E-state index contributed by atoms with van der Waals surface area (Å²) in [6.07, 6.45) is 3.85. The van der Waals surface area contributed by atoms with Crippen LogP contribution in [0.1, 0.15) is 45.8 Å². The monoisotopic (exact) mass is 392 g/mol. The minimum absolute atomic E-state index is 0.0743. The zero-order valence-electron chi connectivity index (χ0n) is 16.9. The molecule has 0 spiro atoms. The van der Waals surface area contributed by atoms with Gasteiger partial charge in [0, 0.05) is 24.2 Å². The average Bonchev–Trinajstić information content (AvgIpc) is 3.10. The van der Waals surface area contributed by atoms with Crippen LogP contribution in [0.2, 0.25) is 0 Å². The van der Waals surface area contributed by atoms with Gasteiger partial charge in [0.05, 0.1) is 17.6 Å². The molecule has 1 aromatic carbocycles. The van der Waals surface area contributed by atoms with Crippen LogP contribution < -0.4 is 5.32 Å². The Hall–Kier alpha value is -3.22. The van der Waals surface area contributed by atoms with Crippen molar-refractivity contribution in [3.05, 3.63) is 52.4 Å². The van der Waals surface area contributed by atoms with E-state index in [4.69, 9.17) is 9.51 Å². The zero-order valence-corrected chi connectivity index (χ0v) is 16.9. The lowest BCUT2D eigenvalue weighted by Crippen LogP contribution is -2.36. The molecule has 3 aromatic rings. The summed E-state index contributed by atoms with van der Waals surface area (Å²) in [5, 5.41) is 7.27. The van der Waals surface area contributed by atoms with Crippen LogP contribution in [0.4, 0.5) is 5.82 Å². The number of pyridine rings is 1. The van der Waals surface area contributed by atoms with Crippen LogP contribution in [0.15, 0.2) is 28.8 Å². The molecule has 7 nitrogen and oxygen atoms in total. The molecule has 7 heteroatoms. The summed E-state index contributed by atoms with van der Waals surface area (Å²) in [6.45, 7) is 3.68. The number of aryl methyl sites for hydroxylation is 3. The van der Waals surface area contributed by atoms with E-state index in [9.17, 15) is 9.59 Å². The highest BCUT2D eigenvalue weighted by atomic mass is 16.5. The summed E-state index contributed by atoms with van der Waals surface area (Å²) >= 11 is 0. The van der Waals surface area contributed by atoms with Crippen molar-refractivity contribution in [2.45, 2.75) is 39.5 Å². The molecule has 0 radical (unpaired) electrons. The van der Waals surface area contributed by atoms with Gasteiger partial charge in [-0.2, -0.15) is 0 Å². The van der Waals surface area contributed by atoms with Gasteiger partial charge < -0.3 is 14.7 Å². The summed E-state index contributed by atoms with van der Waals surface area (Å²) < 4.78 is 4.96. The Morgan fingerprint density at radius 3 is 2.72 bits per heavy atom. The number of anilines is 1. The fourth-order valence-electron chi connectivity index (χ4n) is 3.87. The minimum Gasteiger partial charge on any atom is -0.360 e. The fourth-order valence-corrected chi connectivity index (χ4v) is 3.87. The molecule has 0 aliphatic heterocycles. The normalized spacial score (nSPS) is 13.2. The number of rotatable bonds is 4. The number of nitrogens with zero attached hydrogens (tertiary/aromatic N) is 3. The minimum atomic E-state index is -0.322. The van der Waals surface area contributed by atoms with Crippen molar-refractivity contribution in [1.29, 1.82) is 0 Å². The molecule has 150 valence electrons. The third kappa shape index (κ3) is 3.85. The number of fused-ring (bicyclic) bond motifs is 2. The summed E-state index contributed by atoms with van der Waals surface area (Å²) in [7, 11) is 1.65. The maximum atomic E-state index is 13.4. The molecule has 2 amide bonds. The number of nitrogens with one attached hydrogen (secondary N) is 1. The third-order valence-electron chi connectivity index (χ3n) is 5.25. The Kier molecular flexibility index (Phi) is 5.05. The van der Waals surface area contributed by atoms with E-state index in [0.717, 1.165) is 53.4 Å². The lowest BCUT2D eigenvalue weighted by molar-refractivity contribution is -0.116. The van der Waals surface area contributed by atoms with E-state index in [1.165, 1.54) is 4.90 Å². The van der Waals surface area contributed by atoms with Crippen LogP contribution in [-0.4, -0.2) is 40.4 Å². The molecule has 2 aromatic heterocycles. The van der Waals surface area contributed by atoms with E-state index in [2.05, 4.69) is 10.5 Å². The van der Waals surface area contributed by atoms with Crippen LogP contribution in [0, 0.1) is 13.8 Å². The summed E-state index contributed by atoms with van der Waals surface area (Å²) in [5.74, 6) is 0.468. The molecule has 0 fully saturated rings. The SMILES string of the molecule is Cc1ccc2nc3c(c(C(=O)N(C)CC(=O)Nc4cc(C)on4)c2c1)CCCC3. The second-order valence-corrected chi connectivity index (χ2v) is 7.67. The molecule has 0 bridgehead atoms. The van der Waals surface area contributed by atoms with E-state index in [0.29, 0.717) is 17.1 Å². The molecule has 0 atom stereocenters. The van der Waals surface area contributed by atoms with Crippen molar-refractivity contribution in [2.24, 2.45) is 0 Å². The van der Waals surface area contributed by atoms with Gasteiger partial charge in [0.1, 0.15) is 5.76 Å². The van der Waals surface area contributed by atoms with Gasteiger partial charge in [0.2, 0.25) is 5.91 Å². The van der Waals surface area contributed by atoms with Crippen molar-refractivity contribution in [3.63, 3.8) is 0 Å². The quantitative estimate of drug-likeness (QED) is 0.735. The molecule has 1 aliphatic carbocycles. The Morgan fingerprint density at radius 2 is 1.97 bits per heavy atom. The van der Waals surface area contributed by atoms with E-state index in [-0.39, 0.29) is 18.4 Å². The van der Waals surface area contributed by atoms with Gasteiger partial charge in [-0.05, 0) is 57.2 Å². The Labute approximate surface area is 169 Å². The highest BCUT2D eigenvalue weighted by Crippen LogP contribution is 2.30. The number of likely N-dealkylation sites (N-methyl/N-ethyl adjacent to an activating group) is 1. The largest absolute Gasteiger partial charge is 0.360 e. The van der Waals surface area contributed by atoms with E-state index in [1.807, 2.05) is 25.1 Å². The number of carbonyl (C=O) groups is 2. The Balaban J connectivity index is 1.64. The lowest BCUT2D eigenvalue weighted by atomic mass is 9.89. The van der Waals surface area contributed by atoms with Gasteiger partial charge in [-0.3, -0.25) is 14.6 Å². The van der Waals surface area contributed by atoms with E-state index >= 15 is 0 Å². The van der Waals surface area contributed by atoms with Gasteiger partial charge in [-0.15, -0.1) is 0 Å². The van der Waals surface area contributed by atoms with Crippen LogP contribution in [-0.2, 0) is 17.6 Å². The van der Waals surface area contributed by atoms with Crippen LogP contribution >= 0.6 is 0 Å². The van der Waals surface area contributed by atoms with Crippen LogP contribution in [0.25, 0.3) is 10.9 Å². The second-order valence-electron chi connectivity index (χ2n) is 7.67. The molecule has 0 saturated heterocycles. The molecule has 2 heterocycles. The maximum Gasteiger partial charge on any atom is 0.255 e. The first-order valence-corrected chi connectivity index (χ1v) is 9.83. The van der Waals surface area contributed by atoms with E-state index < -0.39 is 0 Å². The molecule has 0 unspecified atom stereocenters. The number of benzene rings is 1. The first-order valence-electron chi connectivity index (χ1n) is 9.83. The maximum absolute atomic E-state index is 13.4.